The van der Waals surface area contributed by atoms with E-state index >= 15 is 0 Å². The van der Waals surface area contributed by atoms with E-state index in [1.807, 2.05) is 60.7 Å². The van der Waals surface area contributed by atoms with Crippen molar-refractivity contribution >= 4 is 56.5 Å². The van der Waals surface area contributed by atoms with Gasteiger partial charge >= 0.3 is 6.09 Å². The van der Waals surface area contributed by atoms with Crippen LogP contribution >= 0.6 is 11.8 Å². The van der Waals surface area contributed by atoms with Crippen LogP contribution < -0.4 is 24.8 Å². The van der Waals surface area contributed by atoms with Gasteiger partial charge in [0.05, 0.1) is 30.1 Å². The highest BCUT2D eigenvalue weighted by Crippen LogP contribution is 2.46. The van der Waals surface area contributed by atoms with E-state index in [0.717, 1.165) is 12.0 Å². The quantitative estimate of drug-likeness (QED) is 0.268. The van der Waals surface area contributed by atoms with Gasteiger partial charge in [-0.2, -0.15) is 11.8 Å². The van der Waals surface area contributed by atoms with Gasteiger partial charge in [-0.1, -0.05) is 42.5 Å². The summed E-state index contributed by atoms with van der Waals surface area (Å²) in [4.78, 5) is 62.3. The van der Waals surface area contributed by atoms with Crippen LogP contribution in [-0.2, 0) is 29.1 Å². The van der Waals surface area contributed by atoms with Gasteiger partial charge in [0.2, 0.25) is 21.8 Å². The normalized spacial score (nSPS) is 25.6. The van der Waals surface area contributed by atoms with Crippen LogP contribution in [0.2, 0.25) is 0 Å². The highest BCUT2D eigenvalue weighted by Gasteiger charge is 2.62. The molecule has 0 spiro atoms. The minimum absolute atomic E-state index is 0.0205. The lowest BCUT2D eigenvalue weighted by atomic mass is 10.1. The van der Waals surface area contributed by atoms with E-state index in [1.54, 1.807) is 33.9 Å². The van der Waals surface area contributed by atoms with E-state index in [1.165, 1.54) is 16.7 Å². The molecule has 4 aliphatic rings. The third-order valence-electron chi connectivity index (χ3n) is 10.5. The number of thioether (sulfide) groups is 1. The van der Waals surface area contributed by atoms with Gasteiger partial charge < -0.3 is 29.7 Å². The maximum absolute atomic E-state index is 14.6. The number of aromatic nitrogens is 1. The molecule has 4 amide bonds. The number of nitrogens with one attached hydrogen (secondary N) is 3. The summed E-state index contributed by atoms with van der Waals surface area (Å²) in [6.45, 7) is 5.16. The monoisotopic (exact) mass is 819 g/mol. The summed E-state index contributed by atoms with van der Waals surface area (Å²) >= 11 is 1.50. The number of allylic oxidation sites excluding steroid dienone is 1. The van der Waals surface area contributed by atoms with Crippen molar-refractivity contribution in [1.29, 1.82) is 0 Å². The van der Waals surface area contributed by atoms with Crippen LogP contribution in [-0.4, -0.2) is 102 Å². The molecule has 1 aromatic heterocycles. The Balaban J connectivity index is 1.23. The van der Waals surface area contributed by atoms with E-state index in [4.69, 9.17) is 19.2 Å². The molecule has 16 heteroatoms. The van der Waals surface area contributed by atoms with Gasteiger partial charge in [-0.15, -0.1) is 0 Å². The fourth-order valence-electron chi connectivity index (χ4n) is 7.27. The third-order valence-corrected chi connectivity index (χ3v) is 13.4. The first-order chi connectivity index (χ1) is 27.2. The lowest BCUT2D eigenvalue weighted by molar-refractivity contribution is -0.140. The van der Waals surface area contributed by atoms with E-state index < -0.39 is 74.3 Å². The van der Waals surface area contributed by atoms with Gasteiger partial charge in [0.15, 0.2) is 0 Å². The maximum Gasteiger partial charge on any atom is 0.408 e. The molecule has 304 valence electrons. The molecule has 0 bridgehead atoms. The van der Waals surface area contributed by atoms with Crippen LogP contribution in [0, 0.1) is 5.92 Å². The van der Waals surface area contributed by atoms with Crippen molar-refractivity contribution in [3.8, 4) is 22.8 Å². The molecule has 2 aliphatic heterocycles. The topological polar surface area (TPSA) is 182 Å². The van der Waals surface area contributed by atoms with Crippen molar-refractivity contribution in [3.63, 3.8) is 0 Å². The van der Waals surface area contributed by atoms with Crippen LogP contribution in [0.5, 0.6) is 11.5 Å². The summed E-state index contributed by atoms with van der Waals surface area (Å²) in [5.41, 5.74) is -0.215. The number of benzene rings is 2. The summed E-state index contributed by atoms with van der Waals surface area (Å²) in [5.74, 6) is -0.380. The number of alkyl carbamates (subject to hydrolysis) is 1. The van der Waals surface area contributed by atoms with Crippen molar-refractivity contribution in [2.45, 2.75) is 93.9 Å². The Morgan fingerprint density at radius 1 is 1.07 bits per heavy atom. The summed E-state index contributed by atoms with van der Waals surface area (Å²) in [7, 11) is -2.33. The minimum atomic E-state index is -3.91. The van der Waals surface area contributed by atoms with Gasteiger partial charge in [-0.25, -0.2) is 18.2 Å². The summed E-state index contributed by atoms with van der Waals surface area (Å²) < 4.78 is 45.7. The number of hydrogen-bond acceptors (Lipinski definition) is 11. The van der Waals surface area contributed by atoms with E-state index in [-0.39, 0.29) is 25.1 Å². The molecule has 0 radical (unpaired) electrons. The van der Waals surface area contributed by atoms with Crippen molar-refractivity contribution in [1.82, 2.24) is 25.2 Å². The zero-order valence-electron chi connectivity index (χ0n) is 32.5. The van der Waals surface area contributed by atoms with Crippen LogP contribution in [0.15, 0.2) is 66.7 Å². The fraction of sp³-hybridized carbons (Fsp3) is 0.488. The van der Waals surface area contributed by atoms with Gasteiger partial charge in [0.25, 0.3) is 5.91 Å². The Morgan fingerprint density at radius 2 is 1.84 bits per heavy atom. The zero-order valence-corrected chi connectivity index (χ0v) is 34.1. The molecule has 3 heterocycles. The molecular weight excluding hydrogens is 771 g/mol. The predicted molar refractivity (Wildman–Crippen MR) is 216 cm³/mol. The number of nitrogens with zero attached hydrogens (tertiary/aromatic N) is 2. The first-order valence-corrected chi connectivity index (χ1v) is 22.0. The number of carbonyl (C=O) groups is 4. The Labute approximate surface area is 336 Å². The number of sulfonamides is 1. The summed E-state index contributed by atoms with van der Waals surface area (Å²) in [6.07, 6.45) is 4.93. The lowest BCUT2D eigenvalue weighted by Crippen LogP contribution is -2.58. The molecule has 7 rings (SSSR count). The van der Waals surface area contributed by atoms with E-state index in [9.17, 15) is 27.6 Å². The molecule has 1 unspecified atom stereocenters. The number of rotatable bonds is 8. The van der Waals surface area contributed by atoms with Crippen LogP contribution in [0.4, 0.5) is 4.79 Å². The molecule has 57 heavy (non-hydrogen) atoms. The van der Waals surface area contributed by atoms with Crippen molar-refractivity contribution in [3.05, 3.63) is 66.7 Å². The molecule has 5 atom stereocenters. The van der Waals surface area contributed by atoms with E-state index in [0.29, 0.717) is 53.1 Å². The number of ether oxygens (including phenoxy) is 3. The molecule has 1 saturated heterocycles. The van der Waals surface area contributed by atoms with Gasteiger partial charge in [-0.3, -0.25) is 19.1 Å². The molecule has 14 nitrogen and oxygen atoms in total. The van der Waals surface area contributed by atoms with Crippen LogP contribution in [0.1, 0.15) is 59.3 Å². The van der Waals surface area contributed by atoms with Crippen molar-refractivity contribution in [2.24, 2.45) is 5.92 Å². The van der Waals surface area contributed by atoms with Crippen LogP contribution in [0.3, 0.4) is 0 Å². The average Bonchev–Trinajstić information content (AvgIpc) is 4.09. The first-order valence-electron chi connectivity index (χ1n) is 19.3. The predicted octanol–water partition coefficient (Wildman–Crippen LogP) is 4.72. The number of amides is 4. The van der Waals surface area contributed by atoms with E-state index in [2.05, 4.69) is 15.4 Å². The van der Waals surface area contributed by atoms with Gasteiger partial charge in [0, 0.05) is 41.2 Å². The fourth-order valence-corrected chi connectivity index (χ4v) is 9.63. The van der Waals surface area contributed by atoms with Crippen molar-refractivity contribution in [2.75, 3.05) is 25.2 Å². The standard InChI is InChI=1S/C41H49N5O9S2/c1-40(2,3)55-39(50)43-33-24-56-18-10-6-9-13-26-22-41(26,38(49)45-57(51,52)29-15-16-29)44-36(47)34-20-28(23-46(34)37(33)48)54-35-21-31(25-11-7-5-8-12-25)42-32-19-27(53-4)14-17-30(32)35/h5,7-9,11-14,17,19,21,26,28-29,33-34H,6,10,15-16,18,20,22-24H2,1-4H3,(H,43,50)(H,44,47)(H,45,49)/t26?,28-,33+,34+,41-/m1/s1. The number of fused-ring (bicyclic) bond motifs is 3. The Morgan fingerprint density at radius 3 is 2.56 bits per heavy atom. The Bertz CT molecular complexity index is 2170. The molecular formula is C41H49N5O9S2. The largest absolute Gasteiger partial charge is 0.497 e. The first kappa shape index (κ1) is 40.4. The molecule has 3 aromatic rings. The zero-order chi connectivity index (χ0) is 40.5. The number of carbonyl (C=O) groups excluding carboxylic acids is 4. The highest BCUT2D eigenvalue weighted by atomic mass is 32.2. The summed E-state index contributed by atoms with van der Waals surface area (Å²) in [5, 5.41) is 5.70. The second-order valence-corrected chi connectivity index (χ2v) is 19.1. The van der Waals surface area contributed by atoms with Crippen LogP contribution in [0.25, 0.3) is 22.2 Å². The van der Waals surface area contributed by atoms with Gasteiger partial charge in [0.1, 0.15) is 40.8 Å². The average molecular weight is 820 g/mol. The van der Waals surface area contributed by atoms with Crippen molar-refractivity contribution < 1.29 is 41.8 Å². The Kier molecular flexibility index (Phi) is 11.5. The molecule has 2 aliphatic carbocycles. The number of pyridine rings is 1. The molecule has 2 saturated carbocycles. The molecule has 2 aromatic carbocycles. The SMILES string of the molecule is COc1ccc2c(O[C@@H]3C[C@H]4C(=O)N[C@]5(C(=O)NS(=O)(=O)C6CC6)CC5C=CCCCSC[C@H](NC(=O)OC(C)(C)C)C(=O)N4C3)cc(-c3ccccc3)nc2c1. The number of methoxy groups -OCH3 is 1. The molecule has 3 fully saturated rings. The minimum Gasteiger partial charge on any atom is -0.497 e. The third kappa shape index (κ3) is 9.33. The maximum atomic E-state index is 14.6. The number of hydrogen-bond donors (Lipinski definition) is 3. The lowest BCUT2D eigenvalue weighted by Gasteiger charge is -2.30. The van der Waals surface area contributed by atoms with Gasteiger partial charge in [-0.05, 0) is 70.8 Å². The highest BCUT2D eigenvalue weighted by molar-refractivity contribution is 7.99. The Hall–Kier alpha value is -4.83. The second kappa shape index (κ2) is 16.2. The smallest absolute Gasteiger partial charge is 0.408 e. The summed E-state index contributed by atoms with van der Waals surface area (Å²) in [6, 6.07) is 14.7. The second-order valence-electron chi connectivity index (χ2n) is 16.0. The molecule has 3 N–H and O–H groups in total.